The zero-order valence-electron chi connectivity index (χ0n) is 19.3. The van der Waals surface area contributed by atoms with Gasteiger partial charge in [-0.15, -0.1) is 0 Å². The molecule has 2 N–H and O–H groups in total. The quantitative estimate of drug-likeness (QED) is 0.225. The van der Waals surface area contributed by atoms with Crippen LogP contribution in [0.15, 0.2) is 98.2 Å². The number of alkyl halides is 3. The van der Waals surface area contributed by atoms with Gasteiger partial charge in [-0.2, -0.15) is 27.7 Å². The normalized spacial score (nSPS) is 17.2. The van der Waals surface area contributed by atoms with Crippen molar-refractivity contribution in [2.75, 3.05) is 6.54 Å². The molecule has 3 aromatic rings. The van der Waals surface area contributed by atoms with E-state index < -0.39 is 11.7 Å². The average Bonchev–Trinajstić information content (AvgIpc) is 2.87. The number of guanidine groups is 1. The summed E-state index contributed by atoms with van der Waals surface area (Å²) in [6, 6.07) is 22.5. The molecule has 3 aromatic carbocycles. The Hall–Kier alpha value is -3.30. The van der Waals surface area contributed by atoms with Gasteiger partial charge in [-0.3, -0.25) is 0 Å². The van der Waals surface area contributed by atoms with Crippen molar-refractivity contribution in [2.24, 2.45) is 20.2 Å². The lowest BCUT2D eigenvalue weighted by Gasteiger charge is -2.30. The molecule has 1 atom stereocenters. The molecule has 1 aliphatic heterocycles. The number of nitrogens with two attached hydrogens (primary N) is 1. The first kappa shape index (κ1) is 25.8. The fraction of sp³-hybridized carbons (Fsp3) is 0.192. The van der Waals surface area contributed by atoms with Gasteiger partial charge in [0.05, 0.1) is 17.1 Å². The van der Waals surface area contributed by atoms with Gasteiger partial charge in [0.2, 0.25) is 0 Å². The number of aliphatic imine (C=N–C) groups is 1. The standard InChI is InChI=1S/C26H23ClF3N5S/c1-17(31)32-25(34-36-22-9-5-8-20(16-22)26(28,29)30)35-15-14-23(18-6-3-2-4-7-18)24(33-35)19-10-12-21(27)13-11-19/h2-13,16,23H,14-15H2,1H3,(H2,31,32,34). The van der Waals surface area contributed by atoms with Crippen LogP contribution >= 0.6 is 23.5 Å². The molecule has 0 saturated heterocycles. The molecule has 10 heteroatoms. The predicted octanol–water partition coefficient (Wildman–Crippen LogP) is 6.99. The van der Waals surface area contributed by atoms with Gasteiger partial charge in [0.25, 0.3) is 5.96 Å². The third-order valence-corrected chi connectivity index (χ3v) is 6.40. The summed E-state index contributed by atoms with van der Waals surface area (Å²) < 4.78 is 43.8. The fourth-order valence-electron chi connectivity index (χ4n) is 3.78. The van der Waals surface area contributed by atoms with Crippen LogP contribution in [0.25, 0.3) is 0 Å². The smallest absolute Gasteiger partial charge is 0.387 e. The van der Waals surface area contributed by atoms with E-state index in [1.54, 1.807) is 30.1 Å². The lowest BCUT2D eigenvalue weighted by molar-refractivity contribution is -0.137. The van der Waals surface area contributed by atoms with E-state index in [0.29, 0.717) is 16.5 Å². The van der Waals surface area contributed by atoms with E-state index in [2.05, 4.69) is 21.5 Å². The predicted molar refractivity (Wildman–Crippen MR) is 141 cm³/mol. The number of rotatable bonds is 4. The van der Waals surface area contributed by atoms with E-state index in [1.165, 1.54) is 6.07 Å². The lowest BCUT2D eigenvalue weighted by Crippen LogP contribution is -2.35. The zero-order chi connectivity index (χ0) is 25.7. The average molecular weight is 530 g/mol. The molecule has 1 heterocycles. The van der Waals surface area contributed by atoms with Crippen LogP contribution < -0.4 is 5.73 Å². The van der Waals surface area contributed by atoms with Crippen LogP contribution in [0.5, 0.6) is 0 Å². The first-order valence-electron chi connectivity index (χ1n) is 11.1. The number of hydrogen-bond donors (Lipinski definition) is 1. The third kappa shape index (κ3) is 6.47. The number of nitrogens with zero attached hydrogens (tertiary/aromatic N) is 4. The minimum Gasteiger partial charge on any atom is -0.387 e. The Bertz CT molecular complexity index is 1290. The summed E-state index contributed by atoms with van der Waals surface area (Å²) in [5.74, 6) is 0.492. The molecule has 0 saturated carbocycles. The van der Waals surface area contributed by atoms with Crippen molar-refractivity contribution < 1.29 is 13.2 Å². The Morgan fingerprint density at radius 2 is 1.78 bits per heavy atom. The largest absolute Gasteiger partial charge is 0.416 e. The minimum atomic E-state index is -4.44. The first-order chi connectivity index (χ1) is 17.2. The molecule has 0 bridgehead atoms. The summed E-state index contributed by atoms with van der Waals surface area (Å²) >= 11 is 6.99. The maximum absolute atomic E-state index is 13.1. The summed E-state index contributed by atoms with van der Waals surface area (Å²) in [6.45, 7) is 2.11. The van der Waals surface area contributed by atoms with Gasteiger partial charge < -0.3 is 5.73 Å². The Labute approximate surface area is 216 Å². The van der Waals surface area contributed by atoms with Crippen LogP contribution in [0.4, 0.5) is 13.2 Å². The summed E-state index contributed by atoms with van der Waals surface area (Å²) in [5.41, 5.74) is 7.95. The molecular weight excluding hydrogens is 507 g/mol. The summed E-state index contributed by atoms with van der Waals surface area (Å²) in [4.78, 5) is 4.65. The molecule has 0 fully saturated rings. The van der Waals surface area contributed by atoms with Crippen molar-refractivity contribution in [3.63, 3.8) is 0 Å². The van der Waals surface area contributed by atoms with E-state index in [4.69, 9.17) is 22.4 Å². The maximum atomic E-state index is 13.1. The third-order valence-electron chi connectivity index (χ3n) is 5.43. The summed E-state index contributed by atoms with van der Waals surface area (Å²) in [7, 11) is 0. The Kier molecular flexibility index (Phi) is 8.01. The molecule has 0 aliphatic carbocycles. The second kappa shape index (κ2) is 11.2. The highest BCUT2D eigenvalue weighted by Crippen LogP contribution is 2.33. The Balaban J connectivity index is 1.71. The van der Waals surface area contributed by atoms with Crippen LogP contribution in [-0.4, -0.2) is 29.1 Å². The van der Waals surface area contributed by atoms with Crippen molar-refractivity contribution in [3.8, 4) is 0 Å². The Morgan fingerprint density at radius 1 is 1.06 bits per heavy atom. The number of hydrogen-bond acceptors (Lipinski definition) is 3. The topological polar surface area (TPSA) is 66.3 Å². The molecule has 1 unspecified atom stereocenters. The van der Waals surface area contributed by atoms with Crippen molar-refractivity contribution in [1.29, 1.82) is 0 Å². The van der Waals surface area contributed by atoms with Crippen molar-refractivity contribution in [3.05, 3.63) is 101 Å². The monoisotopic (exact) mass is 529 g/mol. The molecule has 1 aliphatic rings. The molecule has 0 amide bonds. The molecule has 36 heavy (non-hydrogen) atoms. The van der Waals surface area contributed by atoms with Crippen LogP contribution in [0.3, 0.4) is 0 Å². The molecule has 0 spiro atoms. The fourth-order valence-corrected chi connectivity index (χ4v) is 4.54. The second-order valence-electron chi connectivity index (χ2n) is 8.13. The van der Waals surface area contributed by atoms with E-state index >= 15 is 0 Å². The van der Waals surface area contributed by atoms with Crippen molar-refractivity contribution in [2.45, 2.75) is 30.3 Å². The number of halogens is 4. The second-order valence-corrected chi connectivity index (χ2v) is 9.40. The van der Waals surface area contributed by atoms with Crippen LogP contribution in [0.2, 0.25) is 5.02 Å². The minimum absolute atomic E-state index is 0.0314. The lowest BCUT2D eigenvalue weighted by atomic mass is 9.86. The molecule has 0 aromatic heterocycles. The summed E-state index contributed by atoms with van der Waals surface area (Å²) in [5, 5.41) is 7.14. The van der Waals surface area contributed by atoms with Crippen molar-refractivity contribution in [1.82, 2.24) is 5.01 Å². The van der Waals surface area contributed by atoms with Gasteiger partial charge in [0, 0.05) is 34.3 Å². The summed E-state index contributed by atoms with van der Waals surface area (Å²) in [6.07, 6.45) is -3.72. The first-order valence-corrected chi connectivity index (χ1v) is 12.3. The van der Waals surface area contributed by atoms with Gasteiger partial charge in [-0.1, -0.05) is 60.1 Å². The number of amidine groups is 1. The molecule has 4 rings (SSSR count). The van der Waals surface area contributed by atoms with Gasteiger partial charge in [0.1, 0.15) is 0 Å². The van der Waals surface area contributed by atoms with E-state index in [1.807, 2.05) is 30.3 Å². The van der Waals surface area contributed by atoms with Gasteiger partial charge in [0.15, 0.2) is 0 Å². The maximum Gasteiger partial charge on any atom is 0.416 e. The highest BCUT2D eigenvalue weighted by atomic mass is 35.5. The van der Waals surface area contributed by atoms with E-state index in [9.17, 15) is 13.2 Å². The number of hydrazone groups is 1. The van der Waals surface area contributed by atoms with Crippen LogP contribution in [0.1, 0.15) is 36.0 Å². The highest BCUT2D eigenvalue weighted by molar-refractivity contribution is 7.98. The van der Waals surface area contributed by atoms with Crippen molar-refractivity contribution >= 4 is 41.1 Å². The van der Waals surface area contributed by atoms with Crippen LogP contribution in [-0.2, 0) is 6.18 Å². The van der Waals surface area contributed by atoms with E-state index in [0.717, 1.165) is 47.3 Å². The van der Waals surface area contributed by atoms with Gasteiger partial charge in [-0.05, 0) is 54.8 Å². The van der Waals surface area contributed by atoms with E-state index in [-0.39, 0.29) is 17.7 Å². The molecule has 5 nitrogen and oxygen atoms in total. The molecule has 186 valence electrons. The van der Waals surface area contributed by atoms with Crippen LogP contribution in [0, 0.1) is 0 Å². The zero-order valence-corrected chi connectivity index (χ0v) is 20.9. The molecular formula is C26H23ClF3N5S. The molecule has 0 radical (unpaired) electrons. The Morgan fingerprint density at radius 3 is 2.44 bits per heavy atom. The SMILES string of the molecule is C/C(N)=N\C(=N\Sc1cccc(C(F)(F)F)c1)N1CCC(c2ccccc2)C(c2ccc(Cl)cc2)=N1. The van der Waals surface area contributed by atoms with Gasteiger partial charge >= 0.3 is 6.18 Å². The number of benzene rings is 3. The van der Waals surface area contributed by atoms with Gasteiger partial charge in [-0.25, -0.2) is 5.01 Å². The highest BCUT2D eigenvalue weighted by Gasteiger charge is 2.31.